The Bertz CT molecular complexity index is 1970. The number of cyclic esters (lactones) is 1. The highest BCUT2D eigenvalue weighted by Gasteiger charge is 2.60. The lowest BCUT2D eigenvalue weighted by Gasteiger charge is -2.50. The summed E-state index contributed by atoms with van der Waals surface area (Å²) in [6, 6.07) is 11.5. The van der Waals surface area contributed by atoms with Crippen molar-refractivity contribution < 1.29 is 78.9 Å². The summed E-state index contributed by atoms with van der Waals surface area (Å²) < 4.78 is 34.3. The van der Waals surface area contributed by atoms with E-state index in [2.05, 4.69) is 15.6 Å². The second kappa shape index (κ2) is 19.8. The fraction of sp³-hybridized carbons (Fsp3) is 0.462. The number of nitrogens with zero attached hydrogens (tertiary/aromatic N) is 1. The van der Waals surface area contributed by atoms with Crippen molar-refractivity contribution in [2.24, 2.45) is 10.7 Å². The standard InChI is InChI=1S/C39H50N4O16/c1-3-41-23-18-25(24(17-22(23)34(50)51)56-19-43-38(40)42-14-7-8-15-44)57-36-29(47)28(46)33(49)39(59-36)13-11-21-26(35(52)58-37(39)53)27(45)32(30(48)31(21)54-2)55-16-12-20-9-5-4-6-10-20/h4-6,9-10,17-18,28-29,33,36-37,41,44-49,53H,3,7-8,11-16,19H2,1-2H3,(H,50,51)(H3,40,42,43). The van der Waals surface area contributed by atoms with Crippen molar-refractivity contribution in [1.82, 2.24) is 5.32 Å². The molecule has 0 bridgehead atoms. The molecule has 3 aromatic carbocycles. The molecular weight excluding hydrogens is 780 g/mol. The third-order valence-corrected chi connectivity index (χ3v) is 9.81. The van der Waals surface area contributed by atoms with Crippen LogP contribution in [0.5, 0.6) is 34.5 Å². The second-order valence-corrected chi connectivity index (χ2v) is 13.6. The van der Waals surface area contributed by atoms with Crippen LogP contribution in [0.25, 0.3) is 0 Å². The number of aliphatic hydroxyl groups is 5. The number of aromatic carboxylic acids is 1. The van der Waals surface area contributed by atoms with Gasteiger partial charge in [0.25, 0.3) is 0 Å². The Morgan fingerprint density at radius 2 is 1.76 bits per heavy atom. The third-order valence-electron chi connectivity index (χ3n) is 9.81. The predicted molar refractivity (Wildman–Crippen MR) is 207 cm³/mol. The van der Waals surface area contributed by atoms with Crippen molar-refractivity contribution in [3.63, 3.8) is 0 Å². The first kappa shape index (κ1) is 44.3. The molecule has 6 atom stereocenters. The van der Waals surface area contributed by atoms with E-state index < -0.39 is 84.4 Å². The van der Waals surface area contributed by atoms with Crippen LogP contribution in [0.15, 0.2) is 47.5 Å². The number of phenolic OH excluding ortho intramolecular Hbond substituents is 2. The van der Waals surface area contributed by atoms with Crippen LogP contribution in [0.1, 0.15) is 58.0 Å². The minimum Gasteiger partial charge on any atom is -0.504 e. The van der Waals surface area contributed by atoms with Crippen LogP contribution in [-0.2, 0) is 22.3 Å². The van der Waals surface area contributed by atoms with Gasteiger partial charge in [0.05, 0.1) is 25.0 Å². The molecule has 0 aromatic heterocycles. The van der Waals surface area contributed by atoms with E-state index in [1.165, 1.54) is 13.2 Å². The van der Waals surface area contributed by atoms with Gasteiger partial charge in [0.15, 0.2) is 41.3 Å². The number of aromatic hydroxyl groups is 2. The first-order chi connectivity index (χ1) is 28.3. The number of rotatable bonds is 17. The van der Waals surface area contributed by atoms with E-state index in [0.717, 1.165) is 11.6 Å². The molecule has 0 radical (unpaired) electrons. The number of nitrogens with two attached hydrogens (primary N) is 1. The second-order valence-electron chi connectivity index (χ2n) is 13.6. The normalized spacial score (nSPS) is 23.0. The summed E-state index contributed by atoms with van der Waals surface area (Å²) in [7, 11) is 1.19. The Balaban J connectivity index is 1.46. The number of carbonyl (C=O) groups is 2. The number of aliphatic imine (C=N–C) groups is 1. The summed E-state index contributed by atoms with van der Waals surface area (Å²) in [6.07, 6.45) is -9.97. The minimum absolute atomic E-state index is 0.00462. The van der Waals surface area contributed by atoms with Gasteiger partial charge in [0.1, 0.15) is 23.9 Å². The number of fused-ring (bicyclic) bond motifs is 1. The number of nitrogens with one attached hydrogen (secondary N) is 2. The number of carbonyl (C=O) groups excluding carboxylic acids is 1. The van der Waals surface area contributed by atoms with Gasteiger partial charge >= 0.3 is 11.9 Å². The average Bonchev–Trinajstić information content (AvgIpc) is 3.21. The summed E-state index contributed by atoms with van der Waals surface area (Å²) in [5.74, 6) is -5.42. The van der Waals surface area contributed by atoms with E-state index in [-0.39, 0.29) is 66.2 Å². The van der Waals surface area contributed by atoms with Gasteiger partial charge in [-0.25, -0.2) is 14.6 Å². The molecule has 2 heterocycles. The first-order valence-corrected chi connectivity index (χ1v) is 18.8. The zero-order valence-electron chi connectivity index (χ0n) is 32.4. The number of hydrogen-bond acceptors (Lipinski definition) is 17. The summed E-state index contributed by atoms with van der Waals surface area (Å²) in [4.78, 5) is 30.0. The number of carboxylic acids is 1. The van der Waals surface area contributed by atoms with E-state index >= 15 is 0 Å². The number of ether oxygens (including phenoxy) is 6. The van der Waals surface area contributed by atoms with Crippen LogP contribution >= 0.6 is 0 Å². The minimum atomic E-state index is -2.44. The van der Waals surface area contributed by atoms with E-state index in [0.29, 0.717) is 25.8 Å². The molecule has 0 amide bonds. The van der Waals surface area contributed by atoms with Gasteiger partial charge in [-0.2, -0.15) is 0 Å². The van der Waals surface area contributed by atoms with E-state index in [4.69, 9.17) is 39.3 Å². The van der Waals surface area contributed by atoms with Crippen molar-refractivity contribution in [2.75, 3.05) is 45.5 Å². The molecule has 1 fully saturated rings. The van der Waals surface area contributed by atoms with E-state index in [1.54, 1.807) is 6.92 Å². The van der Waals surface area contributed by atoms with Crippen LogP contribution in [-0.4, -0.2) is 135 Å². The number of hydrogen-bond donors (Lipinski definition) is 11. The average molecular weight is 831 g/mol. The summed E-state index contributed by atoms with van der Waals surface area (Å²) in [5, 5.41) is 92.2. The molecule has 1 spiro atoms. The maximum absolute atomic E-state index is 13.7. The van der Waals surface area contributed by atoms with Crippen LogP contribution in [0, 0.1) is 0 Å². The van der Waals surface area contributed by atoms with Gasteiger partial charge in [0.2, 0.25) is 24.1 Å². The maximum atomic E-state index is 13.7. The Kier molecular flexibility index (Phi) is 14.9. The number of anilines is 1. The van der Waals surface area contributed by atoms with Crippen molar-refractivity contribution >= 4 is 23.6 Å². The number of esters is 1. The highest BCUT2D eigenvalue weighted by molar-refractivity contribution is 5.97. The molecule has 2 aliphatic rings. The van der Waals surface area contributed by atoms with Gasteiger partial charge in [-0.15, -0.1) is 0 Å². The maximum Gasteiger partial charge on any atom is 0.344 e. The fourth-order valence-corrected chi connectivity index (χ4v) is 6.74. The SMILES string of the molecule is CCNc1cc(OC2OC3(CCc4c(OC)c(O)c(OCCc5ccccc5)c(O)c4C(=O)OC3O)C(O)C(O)C2O)c(OCN=C(N)NCCCCO)cc1C(=O)O. The number of phenols is 2. The Morgan fingerprint density at radius 1 is 1.02 bits per heavy atom. The summed E-state index contributed by atoms with van der Waals surface area (Å²) >= 11 is 0. The number of carboxylic acid groups (broad SMARTS) is 1. The summed E-state index contributed by atoms with van der Waals surface area (Å²) in [5.41, 5.74) is 3.53. The van der Waals surface area contributed by atoms with Gasteiger partial charge < -0.3 is 85.6 Å². The third kappa shape index (κ3) is 9.75. The molecule has 59 heavy (non-hydrogen) atoms. The molecule has 12 N–H and O–H groups in total. The lowest BCUT2D eigenvalue weighted by molar-refractivity contribution is -0.357. The number of benzene rings is 3. The fourth-order valence-electron chi connectivity index (χ4n) is 6.74. The quantitative estimate of drug-likeness (QED) is 0.0383. The Labute approximate surface area is 338 Å². The highest BCUT2D eigenvalue weighted by Crippen LogP contribution is 2.51. The lowest BCUT2D eigenvalue weighted by atomic mass is 9.80. The molecule has 20 nitrogen and oxygen atoms in total. The molecule has 6 unspecified atom stereocenters. The monoisotopic (exact) mass is 830 g/mol. The van der Waals surface area contributed by atoms with E-state index in [9.17, 15) is 45.3 Å². The number of aliphatic hydroxyl groups excluding tert-OH is 5. The van der Waals surface area contributed by atoms with Crippen LogP contribution in [0.2, 0.25) is 0 Å². The largest absolute Gasteiger partial charge is 0.504 e. The molecule has 2 aliphatic heterocycles. The van der Waals surface area contributed by atoms with Crippen LogP contribution in [0.3, 0.4) is 0 Å². The van der Waals surface area contributed by atoms with Crippen molar-refractivity contribution in [1.29, 1.82) is 0 Å². The molecule has 5 rings (SSSR count). The topological polar surface area (TPSA) is 314 Å². The Morgan fingerprint density at radius 3 is 2.44 bits per heavy atom. The molecule has 0 saturated carbocycles. The highest BCUT2D eigenvalue weighted by atomic mass is 16.7. The number of methoxy groups -OCH3 is 1. The lowest BCUT2D eigenvalue weighted by Crippen LogP contribution is -2.70. The van der Waals surface area contributed by atoms with Crippen LogP contribution < -0.4 is 35.3 Å². The first-order valence-electron chi connectivity index (χ1n) is 18.8. The van der Waals surface area contributed by atoms with Gasteiger partial charge in [-0.3, -0.25) is 0 Å². The molecule has 3 aromatic rings. The molecular formula is C39H50N4O16. The number of unbranched alkanes of at least 4 members (excludes halogenated alkanes) is 1. The van der Waals surface area contributed by atoms with Crippen molar-refractivity contribution in [3.8, 4) is 34.5 Å². The predicted octanol–water partition coefficient (Wildman–Crippen LogP) is 0.549. The van der Waals surface area contributed by atoms with Crippen LogP contribution in [0.4, 0.5) is 5.69 Å². The zero-order chi connectivity index (χ0) is 42.9. The molecule has 20 heteroatoms. The number of guanidine groups is 1. The molecule has 322 valence electrons. The van der Waals surface area contributed by atoms with Crippen molar-refractivity contribution in [2.45, 2.75) is 75.5 Å². The smallest absolute Gasteiger partial charge is 0.344 e. The van der Waals surface area contributed by atoms with Gasteiger partial charge in [0, 0.05) is 43.8 Å². The zero-order valence-corrected chi connectivity index (χ0v) is 32.4. The van der Waals surface area contributed by atoms with Gasteiger partial charge in [-0.1, -0.05) is 30.3 Å². The van der Waals surface area contributed by atoms with E-state index in [1.807, 2.05) is 30.3 Å². The van der Waals surface area contributed by atoms with Crippen molar-refractivity contribution in [3.05, 3.63) is 64.7 Å². The Hall–Kier alpha value is -5.77. The van der Waals surface area contributed by atoms with Gasteiger partial charge in [-0.05, 0) is 38.2 Å². The molecule has 1 saturated heterocycles. The molecule has 0 aliphatic carbocycles. The summed E-state index contributed by atoms with van der Waals surface area (Å²) in [6.45, 7) is 1.91.